The maximum atomic E-state index is 13.1. The normalized spacial score (nSPS) is 17.1. The summed E-state index contributed by atoms with van der Waals surface area (Å²) in [6, 6.07) is 9.00. The molecule has 0 bridgehead atoms. The third-order valence-corrected chi connectivity index (χ3v) is 8.22. The first-order valence-electron chi connectivity index (χ1n) is 11.8. The first-order valence-corrected chi connectivity index (χ1v) is 13.3. The first kappa shape index (κ1) is 22.8. The van der Waals surface area contributed by atoms with Crippen molar-refractivity contribution in [3.05, 3.63) is 47.9 Å². The Labute approximate surface area is 199 Å². The van der Waals surface area contributed by atoms with E-state index in [0.717, 1.165) is 43.4 Å². The van der Waals surface area contributed by atoms with E-state index >= 15 is 0 Å². The van der Waals surface area contributed by atoms with Gasteiger partial charge >= 0.3 is 5.97 Å². The fourth-order valence-electron chi connectivity index (χ4n) is 4.29. The number of anilines is 1. The molecule has 180 valence electrons. The minimum Gasteiger partial charge on any atom is -0.454 e. The third kappa shape index (κ3) is 4.65. The largest absolute Gasteiger partial charge is 0.454 e. The number of fused-ring (bicyclic) bond motifs is 1. The second-order valence-electron chi connectivity index (χ2n) is 8.81. The Morgan fingerprint density at radius 1 is 1.15 bits per heavy atom. The maximum absolute atomic E-state index is 13.1. The van der Waals surface area contributed by atoms with Crippen LogP contribution < -0.4 is 5.32 Å². The molecular weight excluding hydrogens is 454 g/mol. The molecule has 0 unspecified atom stereocenters. The maximum Gasteiger partial charge on any atom is 0.340 e. The Balaban J connectivity index is 1.32. The van der Waals surface area contributed by atoms with Crippen LogP contribution in [0, 0.1) is 0 Å². The standard InChI is InChI=1S/C24H29N5O4S/c1-2-29-21-10-9-19(34(31,32)28-12-4-3-5-13-28)14-20(21)27-23(29)16-33-24(30)17-6-11-22(25-15-17)26-18-7-8-18/h6,9-11,14-15,18H,2-5,7-8,12-13,16H2,1H3,(H,25,26). The molecule has 3 heterocycles. The van der Waals surface area contributed by atoms with Crippen LogP contribution in [0.25, 0.3) is 11.0 Å². The number of esters is 1. The van der Waals surface area contributed by atoms with Gasteiger partial charge in [0.1, 0.15) is 18.2 Å². The van der Waals surface area contributed by atoms with Gasteiger partial charge in [0.25, 0.3) is 0 Å². The average molecular weight is 484 g/mol. The number of hydrogen-bond donors (Lipinski definition) is 1. The van der Waals surface area contributed by atoms with Crippen LogP contribution in [-0.2, 0) is 27.9 Å². The first-order chi connectivity index (χ1) is 16.5. The minimum absolute atomic E-state index is 0.0162. The number of aryl methyl sites for hydroxylation is 1. The molecule has 9 nitrogen and oxygen atoms in total. The van der Waals surface area contributed by atoms with E-state index in [2.05, 4.69) is 15.3 Å². The van der Waals surface area contributed by atoms with E-state index in [1.54, 1.807) is 34.6 Å². The fraction of sp³-hybridized carbons (Fsp3) is 0.458. The van der Waals surface area contributed by atoms with Crippen LogP contribution in [-0.4, -0.2) is 52.4 Å². The summed E-state index contributed by atoms with van der Waals surface area (Å²) in [5.41, 5.74) is 1.75. The zero-order valence-electron chi connectivity index (χ0n) is 19.2. The number of rotatable bonds is 8. The van der Waals surface area contributed by atoms with E-state index in [-0.39, 0.29) is 11.5 Å². The highest BCUT2D eigenvalue weighted by atomic mass is 32.2. The molecule has 3 aromatic rings. The van der Waals surface area contributed by atoms with E-state index < -0.39 is 16.0 Å². The van der Waals surface area contributed by atoms with Crippen molar-refractivity contribution < 1.29 is 17.9 Å². The Morgan fingerprint density at radius 2 is 1.94 bits per heavy atom. The predicted octanol–water partition coefficient (Wildman–Crippen LogP) is 3.56. The summed E-state index contributed by atoms with van der Waals surface area (Å²) in [4.78, 5) is 21.7. The molecule has 1 aliphatic heterocycles. The van der Waals surface area contributed by atoms with Crippen LogP contribution in [0.4, 0.5) is 5.82 Å². The van der Waals surface area contributed by atoms with Gasteiger partial charge in [-0.15, -0.1) is 0 Å². The Hall–Kier alpha value is -2.98. The van der Waals surface area contributed by atoms with Gasteiger partial charge in [0, 0.05) is 31.9 Å². The van der Waals surface area contributed by atoms with Crippen LogP contribution in [0.3, 0.4) is 0 Å². The molecule has 2 aliphatic rings. The highest BCUT2D eigenvalue weighted by Gasteiger charge is 2.27. The Kier molecular flexibility index (Phi) is 6.26. The number of nitrogens with zero attached hydrogens (tertiary/aromatic N) is 4. The Morgan fingerprint density at radius 3 is 2.62 bits per heavy atom. The number of imidazole rings is 1. The average Bonchev–Trinajstić information content (AvgIpc) is 3.60. The van der Waals surface area contributed by atoms with Crippen LogP contribution >= 0.6 is 0 Å². The molecule has 0 spiro atoms. The van der Waals surface area contributed by atoms with Gasteiger partial charge in [-0.1, -0.05) is 6.42 Å². The topological polar surface area (TPSA) is 106 Å². The van der Waals surface area contributed by atoms with Crippen molar-refractivity contribution in [3.63, 3.8) is 0 Å². The molecule has 2 aromatic heterocycles. The van der Waals surface area contributed by atoms with E-state index in [9.17, 15) is 13.2 Å². The molecular formula is C24H29N5O4S. The van der Waals surface area contributed by atoms with Gasteiger partial charge in [-0.2, -0.15) is 4.31 Å². The number of benzene rings is 1. The van der Waals surface area contributed by atoms with E-state index in [1.807, 2.05) is 11.5 Å². The zero-order valence-corrected chi connectivity index (χ0v) is 20.1. The van der Waals surface area contributed by atoms with Crippen LogP contribution in [0.5, 0.6) is 0 Å². The van der Waals surface area contributed by atoms with Crippen LogP contribution in [0.1, 0.15) is 55.2 Å². The monoisotopic (exact) mass is 483 g/mol. The van der Waals surface area contributed by atoms with Gasteiger partial charge < -0.3 is 14.6 Å². The van der Waals surface area contributed by atoms with Crippen molar-refractivity contribution >= 4 is 32.8 Å². The molecule has 1 saturated heterocycles. The zero-order chi connectivity index (χ0) is 23.7. The summed E-state index contributed by atoms with van der Waals surface area (Å²) in [6.07, 6.45) is 6.64. The molecule has 1 aromatic carbocycles. The van der Waals surface area contributed by atoms with Gasteiger partial charge in [0.15, 0.2) is 0 Å². The molecule has 1 saturated carbocycles. The number of ether oxygens (including phenoxy) is 1. The smallest absolute Gasteiger partial charge is 0.340 e. The second kappa shape index (κ2) is 9.34. The highest BCUT2D eigenvalue weighted by Crippen LogP contribution is 2.26. The highest BCUT2D eigenvalue weighted by molar-refractivity contribution is 7.89. The van der Waals surface area contributed by atoms with Gasteiger partial charge in [-0.05, 0) is 62.9 Å². The number of sulfonamides is 1. The SMILES string of the molecule is CCn1c(COC(=O)c2ccc(NC3CC3)nc2)nc2cc(S(=O)(=O)N3CCCCC3)ccc21. The molecule has 5 rings (SSSR count). The molecule has 1 N–H and O–H groups in total. The number of carbonyl (C=O) groups excluding carboxylic acids is 1. The fourth-order valence-corrected chi connectivity index (χ4v) is 5.83. The minimum atomic E-state index is -3.55. The summed E-state index contributed by atoms with van der Waals surface area (Å²) in [7, 11) is -3.55. The van der Waals surface area contributed by atoms with Crippen molar-refractivity contribution in [1.29, 1.82) is 0 Å². The number of hydrogen-bond acceptors (Lipinski definition) is 7. The molecule has 10 heteroatoms. The van der Waals surface area contributed by atoms with Crippen LogP contribution in [0.15, 0.2) is 41.4 Å². The number of piperidine rings is 1. The van der Waals surface area contributed by atoms with Gasteiger partial charge in [0.05, 0.1) is 21.5 Å². The summed E-state index contributed by atoms with van der Waals surface area (Å²) in [5.74, 6) is 0.842. The van der Waals surface area contributed by atoms with E-state index in [1.165, 1.54) is 6.20 Å². The van der Waals surface area contributed by atoms with Crippen molar-refractivity contribution in [2.45, 2.75) is 63.1 Å². The molecule has 34 heavy (non-hydrogen) atoms. The third-order valence-electron chi connectivity index (χ3n) is 6.33. The van der Waals surface area contributed by atoms with Crippen molar-refractivity contribution in [2.24, 2.45) is 0 Å². The lowest BCUT2D eigenvalue weighted by Crippen LogP contribution is -2.35. The van der Waals surface area contributed by atoms with E-state index in [4.69, 9.17) is 4.74 Å². The summed E-state index contributed by atoms with van der Waals surface area (Å²) in [6.45, 7) is 3.68. The van der Waals surface area contributed by atoms with Crippen molar-refractivity contribution in [1.82, 2.24) is 18.8 Å². The van der Waals surface area contributed by atoms with Crippen LogP contribution in [0.2, 0.25) is 0 Å². The number of pyridine rings is 1. The summed E-state index contributed by atoms with van der Waals surface area (Å²) in [5, 5.41) is 3.28. The lowest BCUT2D eigenvalue weighted by atomic mass is 10.2. The van der Waals surface area contributed by atoms with Gasteiger partial charge in [-0.3, -0.25) is 0 Å². The van der Waals surface area contributed by atoms with Crippen molar-refractivity contribution in [3.8, 4) is 0 Å². The molecule has 0 radical (unpaired) electrons. The number of aromatic nitrogens is 3. The van der Waals surface area contributed by atoms with Gasteiger partial charge in [-0.25, -0.2) is 23.2 Å². The second-order valence-corrected chi connectivity index (χ2v) is 10.8. The van der Waals surface area contributed by atoms with E-state index in [0.29, 0.717) is 42.6 Å². The number of carbonyl (C=O) groups is 1. The molecule has 1 aliphatic carbocycles. The molecule has 2 fully saturated rings. The quantitative estimate of drug-likeness (QED) is 0.488. The molecule has 0 atom stereocenters. The van der Waals surface area contributed by atoms with Crippen molar-refractivity contribution in [2.75, 3.05) is 18.4 Å². The number of nitrogens with one attached hydrogen (secondary N) is 1. The Bertz CT molecular complexity index is 1290. The molecule has 0 amide bonds. The lowest BCUT2D eigenvalue weighted by Gasteiger charge is -2.25. The predicted molar refractivity (Wildman–Crippen MR) is 128 cm³/mol. The summed E-state index contributed by atoms with van der Waals surface area (Å²) < 4.78 is 35.1. The summed E-state index contributed by atoms with van der Waals surface area (Å²) >= 11 is 0. The van der Waals surface area contributed by atoms with Gasteiger partial charge in [0.2, 0.25) is 10.0 Å². The lowest BCUT2D eigenvalue weighted by molar-refractivity contribution is 0.0458.